The first-order valence-electron chi connectivity index (χ1n) is 7.76. The Bertz CT molecular complexity index is 545. The largest absolute Gasteiger partial charge is 0.336 e. The van der Waals surface area contributed by atoms with Gasteiger partial charge in [-0.1, -0.05) is 29.8 Å². The van der Waals surface area contributed by atoms with Crippen LogP contribution in [0.1, 0.15) is 36.8 Å². The summed E-state index contributed by atoms with van der Waals surface area (Å²) < 4.78 is 0. The third-order valence-electron chi connectivity index (χ3n) is 5.41. The fraction of sp³-hybridized carbons (Fsp3) is 0.588. The maximum atomic E-state index is 11.5. The SMILES string of the molecule is Cc1cccc(C2(N(C)C)CCC3(CC2)CNC(=O)N3)c1. The van der Waals surface area contributed by atoms with E-state index in [0.717, 1.165) is 32.2 Å². The summed E-state index contributed by atoms with van der Waals surface area (Å²) in [5, 5.41) is 6.06. The maximum Gasteiger partial charge on any atom is 0.315 e. The van der Waals surface area contributed by atoms with E-state index in [2.05, 4.69) is 60.8 Å². The molecule has 2 N–H and O–H groups in total. The molecule has 1 aliphatic carbocycles. The van der Waals surface area contributed by atoms with E-state index in [4.69, 9.17) is 0 Å². The molecule has 0 bridgehead atoms. The van der Waals surface area contributed by atoms with Crippen LogP contribution in [0, 0.1) is 6.92 Å². The summed E-state index contributed by atoms with van der Waals surface area (Å²) in [5.41, 5.74) is 2.77. The second-order valence-corrected chi connectivity index (χ2v) is 6.88. The van der Waals surface area contributed by atoms with Crippen LogP contribution in [0.3, 0.4) is 0 Å². The van der Waals surface area contributed by atoms with E-state index in [-0.39, 0.29) is 17.1 Å². The van der Waals surface area contributed by atoms with E-state index in [1.807, 2.05) is 0 Å². The van der Waals surface area contributed by atoms with Crippen LogP contribution in [-0.2, 0) is 5.54 Å². The quantitative estimate of drug-likeness (QED) is 0.877. The van der Waals surface area contributed by atoms with Gasteiger partial charge in [0.15, 0.2) is 0 Å². The van der Waals surface area contributed by atoms with Crippen molar-refractivity contribution in [1.29, 1.82) is 0 Å². The van der Waals surface area contributed by atoms with E-state index in [9.17, 15) is 4.79 Å². The van der Waals surface area contributed by atoms with E-state index in [1.54, 1.807) is 0 Å². The van der Waals surface area contributed by atoms with Gasteiger partial charge in [0, 0.05) is 12.1 Å². The van der Waals surface area contributed by atoms with Crippen molar-refractivity contribution >= 4 is 6.03 Å². The molecule has 4 nitrogen and oxygen atoms in total. The van der Waals surface area contributed by atoms with Gasteiger partial charge in [0.05, 0.1) is 5.54 Å². The fourth-order valence-corrected chi connectivity index (χ4v) is 3.95. The van der Waals surface area contributed by atoms with Gasteiger partial charge in [0.1, 0.15) is 0 Å². The molecular weight excluding hydrogens is 262 g/mol. The summed E-state index contributed by atoms with van der Waals surface area (Å²) in [5.74, 6) is 0. The minimum Gasteiger partial charge on any atom is -0.336 e. The summed E-state index contributed by atoms with van der Waals surface area (Å²) in [6, 6.07) is 8.85. The van der Waals surface area contributed by atoms with Crippen LogP contribution in [0.25, 0.3) is 0 Å². The predicted molar refractivity (Wildman–Crippen MR) is 84.3 cm³/mol. The lowest BCUT2D eigenvalue weighted by Crippen LogP contribution is -2.54. The first-order chi connectivity index (χ1) is 9.96. The number of urea groups is 1. The molecule has 1 aromatic rings. The van der Waals surface area contributed by atoms with Crippen molar-refractivity contribution in [2.45, 2.75) is 43.7 Å². The van der Waals surface area contributed by atoms with Crippen LogP contribution in [0.15, 0.2) is 24.3 Å². The summed E-state index contributed by atoms with van der Waals surface area (Å²) in [7, 11) is 4.34. The Hall–Kier alpha value is -1.55. The normalized spacial score (nSPS) is 32.3. The average Bonchev–Trinajstić information content (AvgIpc) is 2.81. The van der Waals surface area contributed by atoms with Crippen LogP contribution in [0.4, 0.5) is 4.79 Å². The van der Waals surface area contributed by atoms with Gasteiger partial charge in [0.25, 0.3) is 0 Å². The molecule has 21 heavy (non-hydrogen) atoms. The van der Waals surface area contributed by atoms with Gasteiger partial charge < -0.3 is 10.6 Å². The lowest BCUT2D eigenvalue weighted by molar-refractivity contribution is 0.0652. The standard InChI is InChI=1S/C17H25N3O/c1-13-5-4-6-14(11-13)17(20(2)3)9-7-16(8-10-17)12-18-15(21)19-16/h4-6,11H,7-10,12H2,1-3H3,(H2,18,19,21). The minimum absolute atomic E-state index is 0.0112. The maximum absolute atomic E-state index is 11.5. The molecule has 0 radical (unpaired) electrons. The van der Waals surface area contributed by atoms with Crippen molar-refractivity contribution in [1.82, 2.24) is 15.5 Å². The van der Waals surface area contributed by atoms with E-state index >= 15 is 0 Å². The molecule has 3 rings (SSSR count). The Morgan fingerprint density at radius 1 is 1.14 bits per heavy atom. The molecule has 1 saturated carbocycles. The molecule has 4 heteroatoms. The second kappa shape index (κ2) is 5.02. The lowest BCUT2D eigenvalue weighted by Gasteiger charge is -2.48. The molecule has 2 aliphatic rings. The molecule has 0 atom stereocenters. The van der Waals surface area contributed by atoms with E-state index < -0.39 is 0 Å². The zero-order valence-electron chi connectivity index (χ0n) is 13.2. The molecule has 1 spiro atoms. The van der Waals surface area contributed by atoms with Gasteiger partial charge in [0.2, 0.25) is 0 Å². The number of carbonyl (C=O) groups is 1. The Kier molecular flexibility index (Phi) is 3.44. The van der Waals surface area contributed by atoms with Gasteiger partial charge in [-0.25, -0.2) is 4.79 Å². The Morgan fingerprint density at radius 2 is 1.86 bits per heavy atom. The number of carbonyl (C=O) groups excluding carboxylic acids is 1. The van der Waals surface area contributed by atoms with Crippen molar-refractivity contribution < 1.29 is 4.79 Å². The zero-order chi connectivity index (χ0) is 15.1. The average molecular weight is 287 g/mol. The number of rotatable bonds is 2. The van der Waals surface area contributed by atoms with Crippen molar-refractivity contribution in [2.75, 3.05) is 20.6 Å². The fourth-order valence-electron chi connectivity index (χ4n) is 3.95. The second-order valence-electron chi connectivity index (χ2n) is 6.88. The highest BCUT2D eigenvalue weighted by Crippen LogP contribution is 2.45. The molecule has 1 aromatic carbocycles. The van der Waals surface area contributed by atoms with Crippen molar-refractivity contribution in [3.8, 4) is 0 Å². The number of hydrogen-bond donors (Lipinski definition) is 2. The Balaban J connectivity index is 1.86. The molecule has 1 heterocycles. The predicted octanol–water partition coefficient (Wildman–Crippen LogP) is 2.38. The summed E-state index contributed by atoms with van der Waals surface area (Å²) in [6.45, 7) is 2.92. The van der Waals surface area contributed by atoms with Gasteiger partial charge >= 0.3 is 6.03 Å². The van der Waals surface area contributed by atoms with Crippen molar-refractivity contribution in [3.05, 3.63) is 35.4 Å². The van der Waals surface area contributed by atoms with Crippen molar-refractivity contribution in [2.24, 2.45) is 0 Å². The number of nitrogens with one attached hydrogen (secondary N) is 2. The highest BCUT2D eigenvalue weighted by molar-refractivity contribution is 5.77. The number of amides is 2. The summed E-state index contributed by atoms with van der Waals surface area (Å²) in [6.07, 6.45) is 4.20. The van der Waals surface area contributed by atoms with Crippen molar-refractivity contribution in [3.63, 3.8) is 0 Å². The van der Waals surface area contributed by atoms with Crippen LogP contribution >= 0.6 is 0 Å². The van der Waals surface area contributed by atoms with Crippen LogP contribution in [0.2, 0.25) is 0 Å². The van der Waals surface area contributed by atoms with Crippen LogP contribution < -0.4 is 10.6 Å². The number of hydrogen-bond acceptors (Lipinski definition) is 2. The summed E-state index contributed by atoms with van der Waals surface area (Å²) in [4.78, 5) is 13.9. The van der Waals surface area contributed by atoms with Gasteiger partial charge in [-0.05, 0) is 52.3 Å². The molecule has 1 saturated heterocycles. The smallest absolute Gasteiger partial charge is 0.315 e. The van der Waals surface area contributed by atoms with Gasteiger partial charge in [-0.2, -0.15) is 0 Å². The number of nitrogens with zero attached hydrogens (tertiary/aromatic N) is 1. The molecule has 114 valence electrons. The Morgan fingerprint density at radius 3 is 2.38 bits per heavy atom. The molecule has 2 amide bonds. The monoisotopic (exact) mass is 287 g/mol. The Labute approximate surface area is 126 Å². The van der Waals surface area contributed by atoms with E-state index in [1.165, 1.54) is 11.1 Å². The van der Waals surface area contributed by atoms with Gasteiger partial charge in [-0.15, -0.1) is 0 Å². The summed E-state index contributed by atoms with van der Waals surface area (Å²) >= 11 is 0. The van der Waals surface area contributed by atoms with Crippen LogP contribution in [0.5, 0.6) is 0 Å². The minimum atomic E-state index is -0.0274. The molecule has 0 unspecified atom stereocenters. The molecule has 1 aliphatic heterocycles. The third-order valence-corrected chi connectivity index (χ3v) is 5.41. The number of aryl methyl sites for hydroxylation is 1. The zero-order valence-corrected chi connectivity index (χ0v) is 13.2. The van der Waals surface area contributed by atoms with E-state index in [0.29, 0.717) is 0 Å². The third kappa shape index (κ3) is 2.42. The molecule has 2 fully saturated rings. The highest BCUT2D eigenvalue weighted by Gasteiger charge is 2.47. The molecule has 0 aromatic heterocycles. The highest BCUT2D eigenvalue weighted by atomic mass is 16.2. The topological polar surface area (TPSA) is 44.4 Å². The molecular formula is C17H25N3O. The van der Waals surface area contributed by atoms with Crippen LogP contribution in [-0.4, -0.2) is 37.1 Å². The lowest BCUT2D eigenvalue weighted by atomic mass is 9.68. The van der Waals surface area contributed by atoms with Gasteiger partial charge in [-0.3, -0.25) is 4.90 Å². The first kappa shape index (κ1) is 14.4. The first-order valence-corrected chi connectivity index (χ1v) is 7.76. The number of benzene rings is 1.